The second-order valence-corrected chi connectivity index (χ2v) is 4.63. The third-order valence-corrected chi connectivity index (χ3v) is 3.13. The van der Waals surface area contributed by atoms with E-state index in [2.05, 4.69) is 10.3 Å². The summed E-state index contributed by atoms with van der Waals surface area (Å²) in [5, 5.41) is 3.06. The van der Waals surface area contributed by atoms with Gasteiger partial charge in [0.2, 0.25) is 0 Å². The number of aliphatic imine (C=N–C) groups is 1. The van der Waals surface area contributed by atoms with E-state index in [1.165, 1.54) is 5.56 Å². The number of nitrogens with zero attached hydrogens (tertiary/aromatic N) is 2. The van der Waals surface area contributed by atoms with E-state index < -0.39 is 12.6 Å². The van der Waals surface area contributed by atoms with E-state index in [0.717, 1.165) is 18.7 Å². The number of para-hydroxylation sites is 1. The van der Waals surface area contributed by atoms with Gasteiger partial charge < -0.3 is 10.2 Å². The summed E-state index contributed by atoms with van der Waals surface area (Å²) < 4.78 is 36.6. The number of nitrogens with one attached hydrogen (secondary N) is 1. The fraction of sp³-hybridized carbons (Fsp3) is 0.500. The van der Waals surface area contributed by atoms with Crippen molar-refractivity contribution in [3.63, 3.8) is 0 Å². The lowest BCUT2D eigenvalue weighted by atomic mass is 10.2. The second-order valence-electron chi connectivity index (χ2n) is 4.63. The molecule has 1 aliphatic rings. The Balaban J connectivity index is 2.12. The number of hydrogen-bond donors (Lipinski definition) is 1. The molecule has 2 rings (SSSR count). The molecule has 0 amide bonds. The van der Waals surface area contributed by atoms with Gasteiger partial charge in [-0.3, -0.25) is 4.99 Å². The summed E-state index contributed by atoms with van der Waals surface area (Å²) >= 11 is 0. The molecule has 1 heterocycles. The number of anilines is 1. The molecule has 3 nitrogen and oxygen atoms in total. The van der Waals surface area contributed by atoms with Crippen molar-refractivity contribution in [2.45, 2.75) is 25.9 Å². The van der Waals surface area contributed by atoms with Gasteiger partial charge in [-0.2, -0.15) is 13.2 Å². The van der Waals surface area contributed by atoms with Gasteiger partial charge in [0, 0.05) is 18.8 Å². The lowest BCUT2D eigenvalue weighted by Gasteiger charge is -2.22. The van der Waals surface area contributed by atoms with Crippen LogP contribution in [-0.4, -0.2) is 31.8 Å². The van der Waals surface area contributed by atoms with Gasteiger partial charge in [-0.1, -0.05) is 18.2 Å². The largest absolute Gasteiger partial charge is 0.390 e. The predicted molar refractivity (Wildman–Crippen MR) is 74.1 cm³/mol. The quantitative estimate of drug-likeness (QED) is 0.683. The molecule has 110 valence electrons. The first-order valence-corrected chi connectivity index (χ1v) is 6.72. The lowest BCUT2D eigenvalue weighted by molar-refractivity contribution is -0.132. The fourth-order valence-electron chi connectivity index (χ4n) is 2.24. The smallest absolute Gasteiger partial charge is 0.356 e. The molecule has 0 aromatic heterocycles. The summed E-state index contributed by atoms with van der Waals surface area (Å²) in [6.07, 6.45) is -4.17. The Labute approximate surface area is 116 Å². The van der Waals surface area contributed by atoms with Crippen LogP contribution in [0.25, 0.3) is 0 Å². The first-order valence-electron chi connectivity index (χ1n) is 6.72. The number of guanidine groups is 1. The van der Waals surface area contributed by atoms with E-state index in [0.29, 0.717) is 12.5 Å². The minimum atomic E-state index is -4.16. The van der Waals surface area contributed by atoms with Gasteiger partial charge in [-0.15, -0.1) is 0 Å². The van der Waals surface area contributed by atoms with Crippen LogP contribution in [0.3, 0.4) is 0 Å². The maximum Gasteiger partial charge on any atom is 0.390 e. The molecule has 0 spiro atoms. The third kappa shape index (κ3) is 3.65. The molecule has 0 radical (unpaired) electrons. The van der Waals surface area contributed by atoms with Gasteiger partial charge in [0.05, 0.1) is 13.0 Å². The van der Waals surface area contributed by atoms with Gasteiger partial charge in [0.25, 0.3) is 0 Å². The third-order valence-electron chi connectivity index (χ3n) is 3.13. The van der Waals surface area contributed by atoms with E-state index in [4.69, 9.17) is 0 Å². The maximum absolute atomic E-state index is 12.2. The van der Waals surface area contributed by atoms with Crippen molar-refractivity contribution in [2.75, 3.05) is 24.5 Å². The Morgan fingerprint density at radius 1 is 1.35 bits per heavy atom. The summed E-state index contributed by atoms with van der Waals surface area (Å²) in [4.78, 5) is 6.04. The highest BCUT2D eigenvalue weighted by Gasteiger charge is 2.27. The Kier molecular flexibility index (Phi) is 4.52. The number of halogens is 3. The number of fused-ring (bicyclic) bond motifs is 1. The van der Waals surface area contributed by atoms with Crippen molar-refractivity contribution in [2.24, 2.45) is 4.99 Å². The highest BCUT2D eigenvalue weighted by molar-refractivity contribution is 5.97. The number of hydrogen-bond acceptors (Lipinski definition) is 1. The van der Waals surface area contributed by atoms with E-state index in [1.807, 2.05) is 36.1 Å². The monoisotopic (exact) mass is 285 g/mol. The van der Waals surface area contributed by atoms with Crippen LogP contribution in [0.4, 0.5) is 18.9 Å². The molecule has 0 aliphatic carbocycles. The summed E-state index contributed by atoms with van der Waals surface area (Å²) in [5.41, 5.74) is 2.23. The highest BCUT2D eigenvalue weighted by atomic mass is 19.4. The van der Waals surface area contributed by atoms with Gasteiger partial charge >= 0.3 is 6.18 Å². The van der Waals surface area contributed by atoms with Crippen LogP contribution in [-0.2, 0) is 6.42 Å². The van der Waals surface area contributed by atoms with Gasteiger partial charge in [0.15, 0.2) is 5.96 Å². The van der Waals surface area contributed by atoms with Crippen molar-refractivity contribution in [3.05, 3.63) is 29.8 Å². The Hall–Kier alpha value is -1.72. The Morgan fingerprint density at radius 2 is 2.10 bits per heavy atom. The lowest BCUT2D eigenvalue weighted by Crippen LogP contribution is -2.40. The molecule has 20 heavy (non-hydrogen) atoms. The minimum absolute atomic E-state index is 0.246. The molecule has 0 atom stereocenters. The Bertz CT molecular complexity index is 483. The molecular formula is C14H18F3N3. The minimum Gasteiger partial charge on any atom is -0.356 e. The topological polar surface area (TPSA) is 27.6 Å². The highest BCUT2D eigenvalue weighted by Crippen LogP contribution is 2.27. The molecule has 0 saturated carbocycles. The molecular weight excluding hydrogens is 267 g/mol. The first kappa shape index (κ1) is 14.7. The number of benzene rings is 1. The van der Waals surface area contributed by atoms with E-state index in [1.54, 1.807) is 0 Å². The molecule has 1 aromatic rings. The average molecular weight is 285 g/mol. The van der Waals surface area contributed by atoms with E-state index in [9.17, 15) is 13.2 Å². The Morgan fingerprint density at radius 3 is 2.80 bits per heavy atom. The zero-order chi connectivity index (χ0) is 14.6. The van der Waals surface area contributed by atoms with Crippen LogP contribution < -0.4 is 10.2 Å². The van der Waals surface area contributed by atoms with Gasteiger partial charge in [-0.25, -0.2) is 0 Å². The molecule has 1 N–H and O–H groups in total. The van der Waals surface area contributed by atoms with Gasteiger partial charge in [-0.05, 0) is 25.0 Å². The fourth-order valence-corrected chi connectivity index (χ4v) is 2.24. The SMILES string of the molecule is CCNC(=NCCC(F)(F)F)N1CCc2ccccc21. The summed E-state index contributed by atoms with van der Waals surface area (Å²) in [6.45, 7) is 3.03. The predicted octanol–water partition coefficient (Wildman–Crippen LogP) is 2.97. The van der Waals surface area contributed by atoms with Crippen molar-refractivity contribution >= 4 is 11.6 Å². The summed E-state index contributed by atoms with van der Waals surface area (Å²) in [6, 6.07) is 7.90. The molecule has 6 heteroatoms. The molecule has 0 unspecified atom stereocenters. The molecule has 0 bridgehead atoms. The van der Waals surface area contributed by atoms with Crippen LogP contribution in [0.1, 0.15) is 18.9 Å². The molecule has 1 aromatic carbocycles. The van der Waals surface area contributed by atoms with Crippen LogP contribution in [0.2, 0.25) is 0 Å². The van der Waals surface area contributed by atoms with Crippen LogP contribution in [0.5, 0.6) is 0 Å². The molecule has 0 fully saturated rings. The van der Waals surface area contributed by atoms with Crippen molar-refractivity contribution in [1.29, 1.82) is 0 Å². The zero-order valence-electron chi connectivity index (χ0n) is 11.4. The number of alkyl halides is 3. The maximum atomic E-state index is 12.2. The van der Waals surface area contributed by atoms with Crippen LogP contribution >= 0.6 is 0 Å². The standard InChI is InChI=1S/C14H18F3N3/c1-2-18-13(19-9-8-14(15,16)17)20-10-7-11-5-3-4-6-12(11)20/h3-6H,2,7-10H2,1H3,(H,18,19). The van der Waals surface area contributed by atoms with Crippen molar-refractivity contribution in [1.82, 2.24) is 5.32 Å². The van der Waals surface area contributed by atoms with Crippen LogP contribution in [0.15, 0.2) is 29.3 Å². The van der Waals surface area contributed by atoms with E-state index in [-0.39, 0.29) is 6.54 Å². The first-order chi connectivity index (χ1) is 9.51. The van der Waals surface area contributed by atoms with Crippen LogP contribution in [0, 0.1) is 0 Å². The van der Waals surface area contributed by atoms with Crippen molar-refractivity contribution < 1.29 is 13.2 Å². The normalized spacial score (nSPS) is 15.4. The number of rotatable bonds is 3. The second kappa shape index (κ2) is 6.15. The van der Waals surface area contributed by atoms with Crippen molar-refractivity contribution in [3.8, 4) is 0 Å². The zero-order valence-corrected chi connectivity index (χ0v) is 11.4. The summed E-state index contributed by atoms with van der Waals surface area (Å²) in [5.74, 6) is 0.529. The average Bonchev–Trinajstić information content (AvgIpc) is 2.80. The van der Waals surface area contributed by atoms with E-state index >= 15 is 0 Å². The summed E-state index contributed by atoms with van der Waals surface area (Å²) in [7, 11) is 0. The molecule has 0 saturated heterocycles. The van der Waals surface area contributed by atoms with Gasteiger partial charge in [0.1, 0.15) is 0 Å². The molecule has 1 aliphatic heterocycles.